The van der Waals surface area contributed by atoms with Gasteiger partial charge in [0.25, 0.3) is 17.7 Å². The Kier molecular flexibility index (Phi) is 8.30. The van der Waals surface area contributed by atoms with Crippen LogP contribution in [0.25, 0.3) is 0 Å². The van der Waals surface area contributed by atoms with E-state index in [2.05, 4.69) is 12.2 Å². The zero-order valence-electron chi connectivity index (χ0n) is 22.8. The molecule has 10 heteroatoms. The number of imide groups is 1. The van der Waals surface area contributed by atoms with Crippen molar-refractivity contribution in [1.82, 2.24) is 4.90 Å². The van der Waals surface area contributed by atoms with Gasteiger partial charge in [0.2, 0.25) is 0 Å². The molecule has 1 N–H and O–H groups in total. The Balaban J connectivity index is 1.33. The maximum absolute atomic E-state index is 13.4. The molecule has 9 nitrogen and oxygen atoms in total. The Morgan fingerprint density at radius 1 is 1.00 bits per heavy atom. The number of benzene rings is 2. The van der Waals surface area contributed by atoms with Crippen LogP contribution in [0.4, 0.5) is 5.00 Å². The molecule has 2 heterocycles. The van der Waals surface area contributed by atoms with Crippen molar-refractivity contribution in [2.75, 3.05) is 18.5 Å². The molecule has 0 radical (unpaired) electrons. The minimum Gasteiger partial charge on any atom is -0.462 e. The molecule has 41 heavy (non-hydrogen) atoms. The van der Waals surface area contributed by atoms with E-state index < -0.39 is 42.3 Å². The molecule has 212 valence electrons. The second-order valence-corrected chi connectivity index (χ2v) is 11.3. The first-order chi connectivity index (χ1) is 19.8. The summed E-state index contributed by atoms with van der Waals surface area (Å²) < 4.78 is 10.6. The zero-order valence-corrected chi connectivity index (χ0v) is 23.6. The Morgan fingerprint density at radius 3 is 2.32 bits per heavy atom. The first kappa shape index (κ1) is 28.2. The molecule has 0 saturated carbocycles. The molecular formula is C31H30N2O7S. The van der Waals surface area contributed by atoms with E-state index in [1.807, 2.05) is 6.07 Å². The van der Waals surface area contributed by atoms with Crippen molar-refractivity contribution in [3.63, 3.8) is 0 Å². The van der Waals surface area contributed by atoms with E-state index in [0.29, 0.717) is 28.5 Å². The van der Waals surface area contributed by atoms with Gasteiger partial charge in [0.05, 0.1) is 23.3 Å². The van der Waals surface area contributed by atoms with Gasteiger partial charge in [-0.3, -0.25) is 19.3 Å². The number of hydrogen-bond donors (Lipinski definition) is 1. The summed E-state index contributed by atoms with van der Waals surface area (Å²) >= 11 is 1.33. The SMILES string of the molecule is CCOC(=O)c1c(NC(=O)COC(=O)[C@@H](Cc2ccccc2)N2C(=O)c3ccccc3C2=O)sc2c1CC[C@H](C)C2. The summed E-state index contributed by atoms with van der Waals surface area (Å²) in [7, 11) is 0. The molecule has 1 aliphatic carbocycles. The summed E-state index contributed by atoms with van der Waals surface area (Å²) in [6, 6.07) is 14.0. The van der Waals surface area contributed by atoms with E-state index in [1.165, 1.54) is 23.5 Å². The van der Waals surface area contributed by atoms with Gasteiger partial charge in [-0.2, -0.15) is 0 Å². The number of hydrogen-bond acceptors (Lipinski definition) is 8. The first-order valence-corrected chi connectivity index (χ1v) is 14.4. The average Bonchev–Trinajstić information content (AvgIpc) is 3.44. The fourth-order valence-electron chi connectivity index (χ4n) is 5.26. The standard InChI is InChI=1S/C31H30N2O7S/c1-3-39-31(38)26-22-14-13-18(2)15-24(22)41-27(26)32-25(34)17-40-30(37)23(16-19-9-5-4-6-10-19)33-28(35)20-11-7-8-12-21(20)29(33)36/h4-12,18,23H,3,13-17H2,1-2H3,(H,32,34)/t18-,23+/m0/s1. The first-order valence-electron chi connectivity index (χ1n) is 13.6. The highest BCUT2D eigenvalue weighted by Crippen LogP contribution is 2.40. The topological polar surface area (TPSA) is 119 Å². The molecule has 0 saturated heterocycles. The van der Waals surface area contributed by atoms with Crippen LogP contribution in [-0.4, -0.2) is 53.8 Å². The normalized spacial score (nSPS) is 16.5. The number of rotatable bonds is 9. The second-order valence-electron chi connectivity index (χ2n) is 10.2. The Labute approximate surface area is 241 Å². The molecule has 1 aromatic heterocycles. The molecule has 5 rings (SSSR count). The summed E-state index contributed by atoms with van der Waals surface area (Å²) in [5.41, 5.74) is 2.39. The van der Waals surface area contributed by atoms with Crippen molar-refractivity contribution in [3.05, 3.63) is 87.3 Å². The van der Waals surface area contributed by atoms with Crippen LogP contribution in [0.5, 0.6) is 0 Å². The van der Waals surface area contributed by atoms with Gasteiger partial charge in [0.15, 0.2) is 6.61 Å². The van der Waals surface area contributed by atoms with E-state index >= 15 is 0 Å². The molecule has 0 fully saturated rings. The second kappa shape index (κ2) is 12.1. The molecule has 1 aliphatic heterocycles. The largest absolute Gasteiger partial charge is 0.462 e. The number of esters is 2. The average molecular weight is 575 g/mol. The van der Waals surface area contributed by atoms with Gasteiger partial charge in [-0.1, -0.05) is 49.4 Å². The van der Waals surface area contributed by atoms with Crippen LogP contribution in [0.3, 0.4) is 0 Å². The van der Waals surface area contributed by atoms with Gasteiger partial charge >= 0.3 is 11.9 Å². The van der Waals surface area contributed by atoms with E-state index in [-0.39, 0.29) is 24.2 Å². The van der Waals surface area contributed by atoms with Crippen molar-refractivity contribution in [3.8, 4) is 0 Å². The highest BCUT2D eigenvalue weighted by atomic mass is 32.1. The van der Waals surface area contributed by atoms with Crippen molar-refractivity contribution in [1.29, 1.82) is 0 Å². The number of fused-ring (bicyclic) bond motifs is 2. The fourth-order valence-corrected chi connectivity index (χ4v) is 6.68. The third-order valence-electron chi connectivity index (χ3n) is 7.27. The van der Waals surface area contributed by atoms with Crippen LogP contribution in [0.15, 0.2) is 54.6 Å². The number of carbonyl (C=O) groups is 5. The van der Waals surface area contributed by atoms with Gasteiger partial charge < -0.3 is 14.8 Å². The lowest BCUT2D eigenvalue weighted by atomic mass is 9.88. The van der Waals surface area contributed by atoms with Crippen LogP contribution in [0, 0.1) is 5.92 Å². The molecule has 3 aromatic rings. The number of amides is 3. The third-order valence-corrected chi connectivity index (χ3v) is 8.44. The summed E-state index contributed by atoms with van der Waals surface area (Å²) in [6.07, 6.45) is 2.48. The summed E-state index contributed by atoms with van der Waals surface area (Å²) in [5.74, 6) is -2.75. The molecular weight excluding hydrogens is 544 g/mol. The lowest BCUT2D eigenvalue weighted by Crippen LogP contribution is -2.47. The predicted octanol–water partition coefficient (Wildman–Crippen LogP) is 4.44. The van der Waals surface area contributed by atoms with E-state index in [0.717, 1.165) is 28.2 Å². The van der Waals surface area contributed by atoms with Crippen LogP contribution in [0.1, 0.15) is 67.3 Å². The van der Waals surface area contributed by atoms with Crippen molar-refractivity contribution in [2.24, 2.45) is 5.92 Å². The van der Waals surface area contributed by atoms with E-state index in [9.17, 15) is 24.0 Å². The lowest BCUT2D eigenvalue weighted by Gasteiger charge is -2.24. The monoisotopic (exact) mass is 574 g/mol. The Hall–Kier alpha value is -4.31. The maximum Gasteiger partial charge on any atom is 0.341 e. The maximum atomic E-state index is 13.4. The quantitative estimate of drug-likeness (QED) is 0.296. The van der Waals surface area contributed by atoms with Crippen LogP contribution >= 0.6 is 11.3 Å². The van der Waals surface area contributed by atoms with Gasteiger partial charge in [-0.15, -0.1) is 11.3 Å². The summed E-state index contributed by atoms with van der Waals surface area (Å²) in [5, 5.41) is 3.09. The van der Waals surface area contributed by atoms with E-state index in [4.69, 9.17) is 9.47 Å². The number of nitrogens with zero attached hydrogens (tertiary/aromatic N) is 1. The van der Waals surface area contributed by atoms with Gasteiger partial charge in [0, 0.05) is 11.3 Å². The highest BCUT2D eigenvalue weighted by Gasteiger charge is 2.43. The minimum atomic E-state index is -1.27. The van der Waals surface area contributed by atoms with Crippen LogP contribution in [-0.2, 0) is 38.3 Å². The zero-order chi connectivity index (χ0) is 29.1. The third kappa shape index (κ3) is 5.78. The smallest absolute Gasteiger partial charge is 0.341 e. The van der Waals surface area contributed by atoms with Crippen LogP contribution < -0.4 is 5.32 Å². The number of ether oxygens (including phenoxy) is 2. The predicted molar refractivity (Wildman–Crippen MR) is 152 cm³/mol. The minimum absolute atomic E-state index is 0.0234. The van der Waals surface area contributed by atoms with Crippen LogP contribution in [0.2, 0.25) is 0 Å². The number of nitrogens with one attached hydrogen (secondary N) is 1. The molecule has 2 aliphatic rings. The van der Waals surface area contributed by atoms with Crippen molar-refractivity contribution < 1.29 is 33.4 Å². The number of thiophene rings is 1. The molecule has 2 aromatic carbocycles. The Morgan fingerprint density at radius 2 is 1.66 bits per heavy atom. The number of carbonyl (C=O) groups excluding carboxylic acids is 5. The highest BCUT2D eigenvalue weighted by molar-refractivity contribution is 7.17. The molecule has 0 spiro atoms. The summed E-state index contributed by atoms with van der Waals surface area (Å²) in [4.78, 5) is 67.4. The number of anilines is 1. The van der Waals surface area contributed by atoms with Gasteiger partial charge in [0.1, 0.15) is 11.0 Å². The summed E-state index contributed by atoms with van der Waals surface area (Å²) in [6.45, 7) is 3.40. The van der Waals surface area contributed by atoms with Crippen molar-refractivity contribution in [2.45, 2.75) is 45.6 Å². The Bertz CT molecular complexity index is 1480. The molecule has 0 unspecified atom stereocenters. The molecule has 0 bridgehead atoms. The van der Waals surface area contributed by atoms with Gasteiger partial charge in [-0.05, 0) is 55.4 Å². The molecule has 2 atom stereocenters. The fraction of sp³-hybridized carbons (Fsp3) is 0.323. The van der Waals surface area contributed by atoms with Gasteiger partial charge in [-0.25, -0.2) is 9.59 Å². The lowest BCUT2D eigenvalue weighted by molar-refractivity contribution is -0.151. The van der Waals surface area contributed by atoms with E-state index in [1.54, 1.807) is 43.3 Å². The molecule has 3 amide bonds. The van der Waals surface area contributed by atoms with Crippen molar-refractivity contribution >= 4 is 46.0 Å².